The zero-order chi connectivity index (χ0) is 36.1. The Kier molecular flexibility index (Phi) is 12.2. The predicted molar refractivity (Wildman–Crippen MR) is 192 cm³/mol. The Hall–Kier alpha value is -3.52. The quantitative estimate of drug-likeness (QED) is 0.187. The lowest BCUT2D eigenvalue weighted by Crippen LogP contribution is -2.54. The van der Waals surface area contributed by atoms with Gasteiger partial charge in [-0.1, -0.05) is 38.1 Å². The van der Waals surface area contributed by atoms with Crippen LogP contribution in [0.1, 0.15) is 71.4 Å². The second kappa shape index (κ2) is 15.6. The molecule has 1 amide bonds. The highest BCUT2D eigenvalue weighted by Crippen LogP contribution is 2.38. The van der Waals surface area contributed by atoms with E-state index in [1.807, 2.05) is 58.9 Å². The lowest BCUT2D eigenvalue weighted by Gasteiger charge is -2.42. The third kappa shape index (κ3) is 9.38. The molecule has 2 aromatic heterocycles. The molecular weight excluding hydrogens is 643 g/mol. The Balaban J connectivity index is 1.70. The van der Waals surface area contributed by atoms with Gasteiger partial charge in [0.15, 0.2) is 14.1 Å². The van der Waals surface area contributed by atoms with Gasteiger partial charge in [0.2, 0.25) is 0 Å². The van der Waals surface area contributed by atoms with Crippen LogP contribution in [0, 0.1) is 13.8 Å². The average molecular weight is 698 g/mol. The monoisotopic (exact) mass is 697 g/mol. The van der Waals surface area contributed by atoms with E-state index >= 15 is 0 Å². The Morgan fingerprint density at radius 3 is 2.39 bits per heavy atom. The topological polar surface area (TPSA) is 141 Å². The fourth-order valence-electron chi connectivity index (χ4n) is 5.51. The molecule has 49 heavy (non-hydrogen) atoms. The molecule has 12 nitrogen and oxygen atoms in total. The van der Waals surface area contributed by atoms with Crippen molar-refractivity contribution in [2.75, 3.05) is 38.8 Å². The van der Waals surface area contributed by atoms with E-state index in [1.165, 1.54) is 7.11 Å². The minimum atomic E-state index is -2.24. The average Bonchev–Trinajstić information content (AvgIpc) is 3.37. The van der Waals surface area contributed by atoms with Crippen LogP contribution in [0.15, 0.2) is 28.8 Å². The fraction of sp³-hybridized carbons (Fsp3) is 0.611. The number of aromatic nitrogens is 3. The maximum Gasteiger partial charge on any atom is 0.410 e. The van der Waals surface area contributed by atoms with Gasteiger partial charge in [-0.3, -0.25) is 0 Å². The molecule has 1 saturated heterocycles. The van der Waals surface area contributed by atoms with Crippen molar-refractivity contribution in [2.45, 2.75) is 111 Å². The summed E-state index contributed by atoms with van der Waals surface area (Å²) in [5.41, 5.74) is 2.80. The summed E-state index contributed by atoms with van der Waals surface area (Å²) >= 11 is 0. The zero-order valence-electron chi connectivity index (χ0n) is 31.1. The van der Waals surface area contributed by atoms with Gasteiger partial charge in [0.25, 0.3) is 0 Å². The van der Waals surface area contributed by atoms with Gasteiger partial charge in [-0.25, -0.2) is 14.8 Å². The minimum Gasteiger partial charge on any atom is -0.491 e. The van der Waals surface area contributed by atoms with Crippen LogP contribution in [0.4, 0.5) is 10.6 Å². The van der Waals surface area contributed by atoms with Gasteiger partial charge in [0.1, 0.15) is 23.9 Å². The van der Waals surface area contributed by atoms with Crippen LogP contribution in [0.25, 0.3) is 22.6 Å². The first-order valence-corrected chi connectivity index (χ1v) is 19.9. The van der Waals surface area contributed by atoms with Gasteiger partial charge < -0.3 is 38.5 Å². The van der Waals surface area contributed by atoms with E-state index in [-0.39, 0.29) is 24.3 Å². The van der Waals surface area contributed by atoms with E-state index in [0.29, 0.717) is 59.9 Å². The maximum atomic E-state index is 12.9. The van der Waals surface area contributed by atoms with Gasteiger partial charge in [0, 0.05) is 35.9 Å². The standard InChI is InChI=1S/C36H55N5O7Si/c1-23-30(24(2)47-40-23)31-29(21-42)33(37-26-15-17-45-18-16-26)39-32(38-31)25-13-12-14-27(19-25)46-22-28(48-49(10,11)36(6,7)8)20-41(34(43)44-9)35(3,4)5/h12-14,19,26,28,42H,15-18,20-22H2,1-11H3,(H,37,38,39). The van der Waals surface area contributed by atoms with Crippen molar-refractivity contribution >= 4 is 20.2 Å². The summed E-state index contributed by atoms with van der Waals surface area (Å²) in [6.07, 6.45) is 0.828. The minimum absolute atomic E-state index is 0.0453. The third-order valence-corrected chi connectivity index (χ3v) is 13.9. The fourth-order valence-corrected chi connectivity index (χ4v) is 6.84. The second-order valence-electron chi connectivity index (χ2n) is 15.2. The van der Waals surface area contributed by atoms with Crippen molar-refractivity contribution in [2.24, 2.45) is 0 Å². The number of methoxy groups -OCH3 is 1. The molecule has 1 aliphatic heterocycles. The predicted octanol–water partition coefficient (Wildman–Crippen LogP) is 7.13. The van der Waals surface area contributed by atoms with E-state index in [9.17, 15) is 9.90 Å². The number of aryl methyl sites for hydroxylation is 2. The Morgan fingerprint density at radius 1 is 1.12 bits per heavy atom. The van der Waals surface area contributed by atoms with Crippen LogP contribution in [0.2, 0.25) is 18.1 Å². The SMILES string of the molecule is COC(=O)N(CC(COc1cccc(-c2nc(NC3CCOCC3)c(CO)c(-c3c(C)noc3C)n2)c1)O[Si](C)(C)C(C)(C)C)C(C)(C)C. The number of amides is 1. The number of nitrogens with one attached hydrogen (secondary N) is 1. The number of nitrogens with zero attached hydrogens (tertiary/aromatic N) is 4. The van der Waals surface area contributed by atoms with E-state index < -0.39 is 26.1 Å². The number of aliphatic hydroxyl groups is 1. The molecule has 2 N–H and O–H groups in total. The first-order chi connectivity index (χ1) is 22.9. The van der Waals surface area contributed by atoms with Crippen LogP contribution in [-0.4, -0.2) is 90.7 Å². The lowest BCUT2D eigenvalue weighted by molar-refractivity contribution is 0.0338. The molecule has 1 atom stereocenters. The lowest BCUT2D eigenvalue weighted by atomic mass is 10.0. The summed E-state index contributed by atoms with van der Waals surface area (Å²) in [4.78, 5) is 24.4. The van der Waals surface area contributed by atoms with Gasteiger partial charge in [-0.2, -0.15) is 0 Å². The molecule has 1 aliphatic rings. The van der Waals surface area contributed by atoms with Crippen molar-refractivity contribution in [3.63, 3.8) is 0 Å². The number of benzene rings is 1. The van der Waals surface area contributed by atoms with Crippen LogP contribution >= 0.6 is 0 Å². The van der Waals surface area contributed by atoms with Crippen molar-refractivity contribution in [1.29, 1.82) is 0 Å². The van der Waals surface area contributed by atoms with Crippen molar-refractivity contribution in [3.8, 4) is 28.4 Å². The molecule has 0 bridgehead atoms. The summed E-state index contributed by atoms with van der Waals surface area (Å²) < 4.78 is 29.5. The first-order valence-electron chi connectivity index (χ1n) is 17.0. The van der Waals surface area contributed by atoms with Crippen LogP contribution in [0.5, 0.6) is 5.75 Å². The Labute approximate surface area is 292 Å². The van der Waals surface area contributed by atoms with E-state index in [0.717, 1.165) is 24.0 Å². The molecule has 13 heteroatoms. The molecular formula is C36H55N5O7Si. The molecule has 1 unspecified atom stereocenters. The summed E-state index contributed by atoms with van der Waals surface area (Å²) in [5, 5.41) is 18.2. The zero-order valence-corrected chi connectivity index (χ0v) is 32.1. The summed E-state index contributed by atoms with van der Waals surface area (Å²) in [7, 11) is -0.851. The van der Waals surface area contributed by atoms with Gasteiger partial charge in [0.05, 0.1) is 43.3 Å². The summed E-state index contributed by atoms with van der Waals surface area (Å²) in [5.74, 6) is 2.24. The molecule has 1 fully saturated rings. The highest BCUT2D eigenvalue weighted by molar-refractivity contribution is 6.74. The van der Waals surface area contributed by atoms with Crippen LogP contribution in [-0.2, 0) is 20.5 Å². The number of aliphatic hydroxyl groups excluding tert-OH is 1. The van der Waals surface area contributed by atoms with Gasteiger partial charge in [-0.15, -0.1) is 0 Å². The highest BCUT2D eigenvalue weighted by Gasteiger charge is 2.41. The molecule has 0 aliphatic carbocycles. The van der Waals surface area contributed by atoms with Gasteiger partial charge >= 0.3 is 6.09 Å². The third-order valence-electron chi connectivity index (χ3n) is 9.38. The molecule has 0 radical (unpaired) electrons. The summed E-state index contributed by atoms with van der Waals surface area (Å²) in [6.45, 7) is 22.1. The van der Waals surface area contributed by atoms with E-state index in [2.05, 4.69) is 44.3 Å². The van der Waals surface area contributed by atoms with Crippen LogP contribution < -0.4 is 10.1 Å². The van der Waals surface area contributed by atoms with Gasteiger partial charge in [-0.05, 0) is 77.7 Å². The normalized spacial score (nSPS) is 15.2. The Bertz CT molecular complexity index is 1560. The number of carbonyl (C=O) groups excluding carboxylic acids is 1. The van der Waals surface area contributed by atoms with Crippen molar-refractivity contribution < 1.29 is 33.1 Å². The van der Waals surface area contributed by atoms with E-state index in [4.69, 9.17) is 33.1 Å². The summed E-state index contributed by atoms with van der Waals surface area (Å²) in [6, 6.07) is 7.75. The van der Waals surface area contributed by atoms with Crippen molar-refractivity contribution in [3.05, 3.63) is 41.3 Å². The molecule has 1 aromatic carbocycles. The number of anilines is 1. The number of carbonyl (C=O) groups is 1. The number of hydrogen-bond acceptors (Lipinski definition) is 11. The molecule has 270 valence electrons. The second-order valence-corrected chi connectivity index (χ2v) is 20.0. The molecule has 0 spiro atoms. The first kappa shape index (κ1) is 38.3. The highest BCUT2D eigenvalue weighted by atomic mass is 28.4. The maximum absolute atomic E-state index is 12.9. The van der Waals surface area contributed by atoms with Crippen molar-refractivity contribution in [1.82, 2.24) is 20.0 Å². The largest absolute Gasteiger partial charge is 0.491 e. The molecule has 4 rings (SSSR count). The number of hydrogen-bond donors (Lipinski definition) is 2. The smallest absolute Gasteiger partial charge is 0.410 e. The number of rotatable bonds is 12. The van der Waals surface area contributed by atoms with Crippen LogP contribution in [0.3, 0.4) is 0 Å². The number of ether oxygens (including phenoxy) is 3. The molecule has 0 saturated carbocycles. The molecule has 3 aromatic rings. The van der Waals surface area contributed by atoms with E-state index in [1.54, 1.807) is 4.90 Å². The Morgan fingerprint density at radius 2 is 1.82 bits per heavy atom. The molecule has 3 heterocycles.